The Labute approximate surface area is 272 Å². The van der Waals surface area contributed by atoms with Crippen LogP contribution in [0.2, 0.25) is 0 Å². The first-order valence-electron chi connectivity index (χ1n) is 16.7. The number of para-hydroxylation sites is 1. The summed E-state index contributed by atoms with van der Waals surface area (Å²) in [5.41, 5.74) is 5.82. The predicted octanol–water partition coefficient (Wildman–Crippen LogP) is 5.74. The Bertz CT molecular complexity index is 1630. The number of methoxy groups -OCH3 is 1. The molecule has 1 saturated heterocycles. The monoisotopic (exact) mass is 622 g/mol. The molecule has 2 aliphatic rings. The number of hydrogen-bond acceptors (Lipinski definition) is 5. The zero-order chi connectivity index (χ0) is 31.9. The number of nitrogens with zero attached hydrogens (tertiary/aromatic N) is 2. The molecule has 0 spiro atoms. The number of carbonyl (C=O) groups is 2. The molecule has 3 aromatic carbocycles. The van der Waals surface area contributed by atoms with E-state index >= 15 is 0 Å². The van der Waals surface area contributed by atoms with Crippen LogP contribution >= 0.6 is 0 Å². The third-order valence-electron chi connectivity index (χ3n) is 9.28. The minimum absolute atomic E-state index is 0.00210. The number of carbonyl (C=O) groups excluding carboxylic acids is 2. The van der Waals surface area contributed by atoms with Crippen molar-refractivity contribution in [1.82, 2.24) is 20.1 Å². The fourth-order valence-electron chi connectivity index (χ4n) is 6.79. The number of nitrogens with one attached hydrogen (secondary N) is 2. The Balaban J connectivity index is 1.20. The molecule has 2 atom stereocenters. The van der Waals surface area contributed by atoms with Crippen LogP contribution < -0.4 is 15.4 Å². The number of hydrogen-bond donors (Lipinski definition) is 2. The highest BCUT2D eigenvalue weighted by atomic mass is 16.5. The van der Waals surface area contributed by atoms with Gasteiger partial charge < -0.3 is 29.6 Å². The van der Waals surface area contributed by atoms with Gasteiger partial charge in [0.05, 0.1) is 5.92 Å². The van der Waals surface area contributed by atoms with Gasteiger partial charge >= 0.3 is 0 Å². The number of aryl methyl sites for hydroxylation is 1. The van der Waals surface area contributed by atoms with Crippen molar-refractivity contribution in [3.05, 3.63) is 90.1 Å². The van der Waals surface area contributed by atoms with Crippen LogP contribution in [0.4, 0.5) is 0 Å². The van der Waals surface area contributed by atoms with Crippen LogP contribution in [0.25, 0.3) is 22.0 Å². The van der Waals surface area contributed by atoms with E-state index in [2.05, 4.69) is 74.8 Å². The van der Waals surface area contributed by atoms with Gasteiger partial charge in [-0.05, 0) is 85.5 Å². The number of piperidine rings is 1. The fraction of sp³-hybridized carbons (Fsp3) is 0.421. The van der Waals surface area contributed by atoms with Gasteiger partial charge in [-0.3, -0.25) is 9.59 Å². The van der Waals surface area contributed by atoms with Gasteiger partial charge in [0.15, 0.2) is 6.61 Å². The molecule has 0 bridgehead atoms. The minimum Gasteiger partial charge on any atom is -0.484 e. The lowest BCUT2D eigenvalue weighted by Gasteiger charge is -2.36. The smallest absolute Gasteiger partial charge is 0.257 e. The molecule has 46 heavy (non-hydrogen) atoms. The molecule has 1 aliphatic heterocycles. The summed E-state index contributed by atoms with van der Waals surface area (Å²) in [7, 11) is 1.74. The first-order chi connectivity index (χ1) is 22.6. The molecule has 0 unspecified atom stereocenters. The molecule has 8 heteroatoms. The lowest BCUT2D eigenvalue weighted by Crippen LogP contribution is -2.47. The summed E-state index contributed by atoms with van der Waals surface area (Å²) in [5, 5.41) is 7.50. The standard InChI is InChI=1S/C38H46N4O4/c1-3-40-37(43)26-46-32-16-12-27(13-17-32)28-8-6-9-29(22-28)33-18-19-39-23-35(33)38(44)42(31-14-15-31)25-30-24-41(20-7-21-45-2)36-11-5-4-10-34(30)36/h4-6,8-13,16-17,22,24,31,33,35,39H,3,7,14-15,18-21,23,25-26H2,1-2H3,(H,40,43)/t33-,35+/m1/s1. The molecule has 4 aromatic rings. The summed E-state index contributed by atoms with van der Waals surface area (Å²) < 4.78 is 13.3. The molecule has 2 fully saturated rings. The third-order valence-corrected chi connectivity index (χ3v) is 9.28. The van der Waals surface area contributed by atoms with Crippen LogP contribution in [0.3, 0.4) is 0 Å². The first kappa shape index (κ1) is 31.8. The van der Waals surface area contributed by atoms with E-state index in [4.69, 9.17) is 9.47 Å². The molecule has 242 valence electrons. The van der Waals surface area contributed by atoms with Crippen molar-refractivity contribution >= 4 is 22.7 Å². The van der Waals surface area contributed by atoms with Crippen molar-refractivity contribution in [1.29, 1.82) is 0 Å². The summed E-state index contributed by atoms with van der Waals surface area (Å²) in [5.74, 6) is 0.813. The molecule has 6 rings (SSSR count). The molecule has 1 aromatic heterocycles. The van der Waals surface area contributed by atoms with Crippen molar-refractivity contribution < 1.29 is 19.1 Å². The zero-order valence-electron chi connectivity index (χ0n) is 27.0. The zero-order valence-corrected chi connectivity index (χ0v) is 27.0. The van der Waals surface area contributed by atoms with E-state index in [1.165, 1.54) is 22.0 Å². The SMILES string of the molecule is CCNC(=O)COc1ccc(-c2cccc([C@H]3CCNC[C@@H]3C(=O)N(Cc3cn(CCCOC)c4ccccc34)C3CC3)c2)cc1. The second-order valence-electron chi connectivity index (χ2n) is 12.5. The van der Waals surface area contributed by atoms with Gasteiger partial charge in [-0.1, -0.05) is 54.6 Å². The molecule has 1 aliphatic carbocycles. The van der Waals surface area contributed by atoms with Gasteiger partial charge in [-0.25, -0.2) is 0 Å². The van der Waals surface area contributed by atoms with E-state index in [9.17, 15) is 9.59 Å². The summed E-state index contributed by atoms with van der Waals surface area (Å²) in [4.78, 5) is 28.4. The number of ether oxygens (including phenoxy) is 2. The van der Waals surface area contributed by atoms with Crippen LogP contribution in [-0.2, 0) is 27.4 Å². The highest BCUT2D eigenvalue weighted by Crippen LogP contribution is 2.38. The van der Waals surface area contributed by atoms with E-state index in [0.29, 0.717) is 31.4 Å². The van der Waals surface area contributed by atoms with Crippen molar-refractivity contribution in [2.75, 3.05) is 40.0 Å². The summed E-state index contributed by atoms with van der Waals surface area (Å²) in [6.07, 6.45) is 6.26. The molecule has 0 radical (unpaired) electrons. The number of likely N-dealkylation sites (N-methyl/N-ethyl adjacent to an activating group) is 1. The Morgan fingerprint density at radius 1 is 1.00 bits per heavy atom. The number of rotatable bonds is 14. The lowest BCUT2D eigenvalue weighted by molar-refractivity contribution is -0.138. The van der Waals surface area contributed by atoms with Crippen LogP contribution in [0, 0.1) is 5.92 Å². The summed E-state index contributed by atoms with van der Waals surface area (Å²) in [6, 6.07) is 25.4. The number of benzene rings is 3. The first-order valence-corrected chi connectivity index (χ1v) is 16.7. The highest BCUT2D eigenvalue weighted by molar-refractivity contribution is 5.86. The topological polar surface area (TPSA) is 84.8 Å². The van der Waals surface area contributed by atoms with Crippen LogP contribution in [0.1, 0.15) is 49.7 Å². The van der Waals surface area contributed by atoms with Gasteiger partial charge in [0.1, 0.15) is 5.75 Å². The van der Waals surface area contributed by atoms with E-state index < -0.39 is 0 Å². The van der Waals surface area contributed by atoms with Gasteiger partial charge in [-0.15, -0.1) is 0 Å². The van der Waals surface area contributed by atoms with Gasteiger partial charge in [0.2, 0.25) is 5.91 Å². The van der Waals surface area contributed by atoms with Crippen LogP contribution in [0.15, 0.2) is 79.0 Å². The molecule has 8 nitrogen and oxygen atoms in total. The Morgan fingerprint density at radius 3 is 2.61 bits per heavy atom. The predicted molar refractivity (Wildman–Crippen MR) is 182 cm³/mol. The van der Waals surface area contributed by atoms with Crippen LogP contribution in [-0.4, -0.2) is 67.3 Å². The van der Waals surface area contributed by atoms with Crippen LogP contribution in [0.5, 0.6) is 5.75 Å². The second-order valence-corrected chi connectivity index (χ2v) is 12.5. The van der Waals surface area contributed by atoms with Crippen molar-refractivity contribution in [2.45, 2.75) is 57.7 Å². The number of amides is 2. The fourth-order valence-corrected chi connectivity index (χ4v) is 6.79. The molecule has 1 saturated carbocycles. The quantitative estimate of drug-likeness (QED) is 0.175. The third kappa shape index (κ3) is 7.45. The van der Waals surface area contributed by atoms with Crippen molar-refractivity contribution in [3.8, 4) is 16.9 Å². The molecule has 2 heterocycles. The normalized spacial score (nSPS) is 18.0. The maximum absolute atomic E-state index is 14.5. The van der Waals surface area contributed by atoms with E-state index in [1.807, 2.05) is 31.2 Å². The van der Waals surface area contributed by atoms with Crippen molar-refractivity contribution in [3.63, 3.8) is 0 Å². The Hall–Kier alpha value is -4.14. The van der Waals surface area contributed by atoms with E-state index in [-0.39, 0.29) is 30.3 Å². The summed E-state index contributed by atoms with van der Waals surface area (Å²) in [6.45, 7) is 6.32. The molecule has 2 N–H and O–H groups in total. The van der Waals surface area contributed by atoms with Gasteiger partial charge in [0, 0.05) is 63.0 Å². The number of aromatic nitrogens is 1. The Kier molecular flexibility index (Phi) is 10.4. The molecule has 2 amide bonds. The van der Waals surface area contributed by atoms with Crippen molar-refractivity contribution in [2.24, 2.45) is 5.92 Å². The molecular weight excluding hydrogens is 576 g/mol. The average Bonchev–Trinajstić information content (AvgIpc) is 3.88. The van der Waals surface area contributed by atoms with E-state index in [0.717, 1.165) is 56.5 Å². The highest BCUT2D eigenvalue weighted by Gasteiger charge is 2.40. The maximum atomic E-state index is 14.5. The largest absolute Gasteiger partial charge is 0.484 e. The maximum Gasteiger partial charge on any atom is 0.257 e. The lowest BCUT2D eigenvalue weighted by atomic mass is 9.79. The average molecular weight is 623 g/mol. The van der Waals surface area contributed by atoms with Gasteiger partial charge in [0.25, 0.3) is 5.91 Å². The second kappa shape index (κ2) is 15.0. The van der Waals surface area contributed by atoms with Gasteiger partial charge in [-0.2, -0.15) is 0 Å². The summed E-state index contributed by atoms with van der Waals surface area (Å²) >= 11 is 0. The minimum atomic E-state index is -0.129. The Morgan fingerprint density at radius 2 is 1.83 bits per heavy atom. The molecular formula is C38H46N4O4. The number of fused-ring (bicyclic) bond motifs is 1. The van der Waals surface area contributed by atoms with E-state index in [1.54, 1.807) is 7.11 Å².